The van der Waals surface area contributed by atoms with E-state index >= 15 is 0 Å². The fourth-order valence-corrected chi connectivity index (χ4v) is 0.721. The van der Waals surface area contributed by atoms with Crippen molar-refractivity contribution in [3.63, 3.8) is 0 Å². The Labute approximate surface area is 69.5 Å². The van der Waals surface area contributed by atoms with E-state index in [2.05, 4.69) is 14.4 Å². The predicted octanol–water partition coefficient (Wildman–Crippen LogP) is 0.742. The van der Waals surface area contributed by atoms with Gasteiger partial charge in [0.25, 0.3) is 5.76 Å². The average molecular weight is 170 g/mol. The lowest BCUT2D eigenvalue weighted by molar-refractivity contribution is 0.0481. The molecular weight excluding hydrogens is 160 g/mol. The lowest BCUT2D eigenvalue weighted by Crippen LogP contribution is -2.05. The highest BCUT2D eigenvalue weighted by molar-refractivity contribution is 5.92. The molecule has 12 heavy (non-hydrogen) atoms. The summed E-state index contributed by atoms with van der Waals surface area (Å²) in [4.78, 5) is 11.0. The number of esters is 1. The van der Waals surface area contributed by atoms with Crippen LogP contribution in [-0.4, -0.2) is 17.7 Å². The molecule has 0 radical (unpaired) electrons. The fraction of sp³-hybridized carbons (Fsp3) is 0.429. The molecule has 2 N–H and O–H groups in total. The molecule has 0 aliphatic heterocycles. The van der Waals surface area contributed by atoms with Gasteiger partial charge < -0.3 is 15.0 Å². The minimum absolute atomic E-state index is 0.0191. The first-order valence-corrected chi connectivity index (χ1v) is 3.55. The van der Waals surface area contributed by atoms with Crippen LogP contribution in [0.15, 0.2) is 4.52 Å². The Hall–Kier alpha value is -1.52. The fourth-order valence-electron chi connectivity index (χ4n) is 0.721. The third kappa shape index (κ3) is 1.39. The molecular formula is C7H10N2O3. The van der Waals surface area contributed by atoms with Gasteiger partial charge in [-0.15, -0.1) is 0 Å². The smallest absolute Gasteiger partial charge is 0.379 e. The molecule has 66 valence electrons. The SMILES string of the molecule is CCOC(=O)c1onc(C)c1N. The summed E-state index contributed by atoms with van der Waals surface area (Å²) < 4.78 is 9.33. The van der Waals surface area contributed by atoms with Crippen molar-refractivity contribution in [3.05, 3.63) is 11.5 Å². The van der Waals surface area contributed by atoms with E-state index < -0.39 is 5.97 Å². The number of nitrogens with zero attached hydrogens (tertiary/aromatic N) is 1. The molecule has 0 spiro atoms. The highest BCUT2D eigenvalue weighted by Gasteiger charge is 2.18. The Kier molecular flexibility index (Phi) is 2.32. The van der Waals surface area contributed by atoms with Crippen LogP contribution in [0.2, 0.25) is 0 Å². The molecule has 5 nitrogen and oxygen atoms in total. The van der Waals surface area contributed by atoms with Crippen molar-refractivity contribution >= 4 is 11.7 Å². The summed E-state index contributed by atoms with van der Waals surface area (Å²) in [7, 11) is 0. The van der Waals surface area contributed by atoms with Gasteiger partial charge in [-0.2, -0.15) is 0 Å². The maximum atomic E-state index is 11.0. The lowest BCUT2D eigenvalue weighted by atomic mass is 10.3. The zero-order chi connectivity index (χ0) is 9.14. The van der Waals surface area contributed by atoms with Crippen molar-refractivity contribution < 1.29 is 14.1 Å². The van der Waals surface area contributed by atoms with E-state index in [1.54, 1.807) is 13.8 Å². The third-order valence-electron chi connectivity index (χ3n) is 1.37. The summed E-state index contributed by atoms with van der Waals surface area (Å²) in [6.07, 6.45) is 0. The maximum Gasteiger partial charge on any atom is 0.379 e. The summed E-state index contributed by atoms with van der Waals surface area (Å²) in [5.41, 5.74) is 6.22. The van der Waals surface area contributed by atoms with Crippen molar-refractivity contribution in [1.29, 1.82) is 0 Å². The highest BCUT2D eigenvalue weighted by Crippen LogP contribution is 2.16. The second-order valence-corrected chi connectivity index (χ2v) is 2.23. The second kappa shape index (κ2) is 3.25. The molecule has 0 aliphatic rings. The lowest BCUT2D eigenvalue weighted by Gasteiger charge is -1.96. The van der Waals surface area contributed by atoms with Gasteiger partial charge in [0.2, 0.25) is 0 Å². The minimum atomic E-state index is -0.574. The molecule has 0 amide bonds. The number of hydrogen-bond acceptors (Lipinski definition) is 5. The van der Waals surface area contributed by atoms with Crippen LogP contribution in [0.1, 0.15) is 23.2 Å². The summed E-state index contributed by atoms with van der Waals surface area (Å²) >= 11 is 0. The maximum absolute atomic E-state index is 11.0. The van der Waals surface area contributed by atoms with E-state index in [1.807, 2.05) is 0 Å². The number of aromatic nitrogens is 1. The summed E-state index contributed by atoms with van der Waals surface area (Å²) in [5.74, 6) is -0.593. The number of hydrogen-bond donors (Lipinski definition) is 1. The van der Waals surface area contributed by atoms with Crippen LogP contribution < -0.4 is 5.73 Å². The van der Waals surface area contributed by atoms with Crippen molar-refractivity contribution in [2.75, 3.05) is 12.3 Å². The number of nitrogens with two attached hydrogens (primary N) is 1. The Morgan fingerprint density at radius 1 is 1.75 bits per heavy atom. The Morgan fingerprint density at radius 3 is 2.83 bits per heavy atom. The zero-order valence-electron chi connectivity index (χ0n) is 6.96. The topological polar surface area (TPSA) is 78.3 Å². The minimum Gasteiger partial charge on any atom is -0.460 e. The predicted molar refractivity (Wildman–Crippen MR) is 41.6 cm³/mol. The molecule has 0 unspecified atom stereocenters. The summed E-state index contributed by atoms with van der Waals surface area (Å²) in [6.45, 7) is 3.65. The normalized spacial score (nSPS) is 9.83. The number of ether oxygens (including phenoxy) is 1. The van der Waals surface area contributed by atoms with Crippen LogP contribution in [-0.2, 0) is 4.74 Å². The molecule has 0 saturated heterocycles. The molecule has 0 saturated carbocycles. The van der Waals surface area contributed by atoms with E-state index in [4.69, 9.17) is 5.73 Å². The van der Waals surface area contributed by atoms with Crippen LogP contribution in [0.25, 0.3) is 0 Å². The van der Waals surface area contributed by atoms with Gasteiger partial charge in [-0.05, 0) is 13.8 Å². The van der Waals surface area contributed by atoms with Crippen molar-refractivity contribution in [1.82, 2.24) is 5.16 Å². The number of nitrogen functional groups attached to an aromatic ring is 1. The van der Waals surface area contributed by atoms with Crippen molar-refractivity contribution in [2.24, 2.45) is 0 Å². The van der Waals surface area contributed by atoms with E-state index in [9.17, 15) is 4.79 Å². The van der Waals surface area contributed by atoms with E-state index in [1.165, 1.54) is 0 Å². The summed E-state index contributed by atoms with van der Waals surface area (Å²) in [6, 6.07) is 0. The van der Waals surface area contributed by atoms with E-state index in [0.717, 1.165) is 0 Å². The van der Waals surface area contributed by atoms with Crippen LogP contribution in [0.5, 0.6) is 0 Å². The van der Waals surface area contributed by atoms with Gasteiger partial charge in [-0.1, -0.05) is 5.16 Å². The highest BCUT2D eigenvalue weighted by atomic mass is 16.6. The number of carbonyl (C=O) groups excluding carboxylic acids is 1. The van der Waals surface area contributed by atoms with Gasteiger partial charge in [-0.25, -0.2) is 4.79 Å². The zero-order valence-corrected chi connectivity index (χ0v) is 6.96. The molecule has 1 aromatic heterocycles. The quantitative estimate of drug-likeness (QED) is 0.662. The Balaban J connectivity index is 2.88. The average Bonchev–Trinajstić information content (AvgIpc) is 2.34. The molecule has 0 bridgehead atoms. The number of aryl methyl sites for hydroxylation is 1. The van der Waals surface area contributed by atoms with Crippen LogP contribution in [0, 0.1) is 6.92 Å². The van der Waals surface area contributed by atoms with Crippen molar-refractivity contribution in [2.45, 2.75) is 13.8 Å². The number of anilines is 1. The molecule has 0 atom stereocenters. The van der Waals surface area contributed by atoms with Crippen LogP contribution in [0.4, 0.5) is 5.69 Å². The molecule has 5 heteroatoms. The van der Waals surface area contributed by atoms with Gasteiger partial charge in [0.05, 0.1) is 6.61 Å². The molecule has 0 aromatic carbocycles. The molecule has 0 aliphatic carbocycles. The molecule has 1 heterocycles. The number of carbonyl (C=O) groups is 1. The van der Waals surface area contributed by atoms with E-state index in [-0.39, 0.29) is 18.1 Å². The standard InChI is InChI=1S/C7H10N2O3/c1-3-11-7(10)6-5(8)4(2)9-12-6/h3,8H2,1-2H3. The first kappa shape index (κ1) is 8.58. The molecule has 1 aromatic rings. The van der Waals surface area contributed by atoms with Crippen molar-refractivity contribution in [3.8, 4) is 0 Å². The van der Waals surface area contributed by atoms with Gasteiger partial charge in [0.15, 0.2) is 0 Å². The first-order chi connectivity index (χ1) is 5.66. The number of rotatable bonds is 2. The van der Waals surface area contributed by atoms with Crippen LogP contribution >= 0.6 is 0 Å². The first-order valence-electron chi connectivity index (χ1n) is 3.55. The second-order valence-electron chi connectivity index (χ2n) is 2.23. The molecule has 0 fully saturated rings. The monoisotopic (exact) mass is 170 g/mol. The van der Waals surface area contributed by atoms with Gasteiger partial charge >= 0.3 is 5.97 Å². The largest absolute Gasteiger partial charge is 0.460 e. The van der Waals surface area contributed by atoms with E-state index in [0.29, 0.717) is 5.69 Å². The Bertz CT molecular complexity index is 293. The van der Waals surface area contributed by atoms with Gasteiger partial charge in [-0.3, -0.25) is 0 Å². The third-order valence-corrected chi connectivity index (χ3v) is 1.37. The molecule has 1 rings (SSSR count). The van der Waals surface area contributed by atoms with Gasteiger partial charge in [0, 0.05) is 0 Å². The summed E-state index contributed by atoms with van der Waals surface area (Å²) in [5, 5.41) is 3.52. The van der Waals surface area contributed by atoms with Crippen LogP contribution in [0.3, 0.4) is 0 Å². The Morgan fingerprint density at radius 2 is 2.42 bits per heavy atom. The van der Waals surface area contributed by atoms with Gasteiger partial charge in [0.1, 0.15) is 11.4 Å².